The monoisotopic (exact) mass is 338 g/mol. The third-order valence-electron chi connectivity index (χ3n) is 2.75. The molecule has 2 rings (SSSR count). The summed E-state index contributed by atoms with van der Waals surface area (Å²) in [6, 6.07) is 11.8. The van der Waals surface area contributed by atoms with E-state index in [1.807, 2.05) is 24.3 Å². The molecule has 0 radical (unpaired) electrons. The minimum absolute atomic E-state index is 0.0308. The molecule has 1 N–H and O–H groups in total. The average molecular weight is 339 g/mol. The third-order valence-corrected chi connectivity index (χ3v) is 3.28. The van der Waals surface area contributed by atoms with Gasteiger partial charge < -0.3 is 9.84 Å². The first-order valence-corrected chi connectivity index (χ1v) is 6.70. The fraction of sp³-hybridized carbons (Fsp3) is 0.133. The highest BCUT2D eigenvalue weighted by Gasteiger charge is 2.13. The van der Waals surface area contributed by atoms with Gasteiger partial charge in [0.2, 0.25) is 0 Å². The number of benzene rings is 2. The summed E-state index contributed by atoms with van der Waals surface area (Å²) in [5.74, 6) is -2.02. The van der Waals surface area contributed by atoms with Gasteiger partial charge in [-0.3, -0.25) is 0 Å². The first-order chi connectivity index (χ1) is 9.58. The summed E-state index contributed by atoms with van der Waals surface area (Å²) in [4.78, 5) is 10.8. The Labute approximate surface area is 124 Å². The Morgan fingerprint density at radius 3 is 2.50 bits per heavy atom. The third kappa shape index (κ3) is 3.65. The van der Waals surface area contributed by atoms with Crippen molar-refractivity contribution in [3.8, 4) is 0 Å². The summed E-state index contributed by atoms with van der Waals surface area (Å²) in [6.07, 6.45) is 0. The smallest absolute Gasteiger partial charge is 0.338 e. The van der Waals surface area contributed by atoms with E-state index in [-0.39, 0.29) is 17.7 Å². The van der Waals surface area contributed by atoms with Crippen LogP contribution in [-0.2, 0) is 18.0 Å². The molecule has 0 aromatic heterocycles. The molecule has 0 unspecified atom stereocenters. The van der Waals surface area contributed by atoms with E-state index in [2.05, 4.69) is 15.9 Å². The first kappa shape index (κ1) is 14.7. The van der Waals surface area contributed by atoms with Crippen LogP contribution in [0, 0.1) is 5.82 Å². The number of aromatic carboxylic acids is 1. The molecule has 0 saturated heterocycles. The summed E-state index contributed by atoms with van der Waals surface area (Å²) >= 11 is 3.34. The highest BCUT2D eigenvalue weighted by Crippen LogP contribution is 2.16. The predicted molar refractivity (Wildman–Crippen MR) is 76.0 cm³/mol. The second-order valence-corrected chi connectivity index (χ2v) is 5.12. The maximum atomic E-state index is 13.8. The van der Waals surface area contributed by atoms with Crippen LogP contribution in [0.15, 0.2) is 46.9 Å². The Kier molecular flexibility index (Phi) is 4.87. The van der Waals surface area contributed by atoms with Crippen LogP contribution in [0.25, 0.3) is 0 Å². The molecule has 0 fully saturated rings. The summed E-state index contributed by atoms with van der Waals surface area (Å²) in [5, 5.41) is 8.83. The number of carbonyl (C=O) groups is 1. The van der Waals surface area contributed by atoms with Crippen molar-refractivity contribution >= 4 is 21.9 Å². The zero-order chi connectivity index (χ0) is 14.5. The SMILES string of the molecule is O=C(O)c1cccc(COCc2ccc(Br)cc2)c1F. The Morgan fingerprint density at radius 1 is 1.15 bits per heavy atom. The molecule has 0 heterocycles. The van der Waals surface area contributed by atoms with Gasteiger partial charge in [0.15, 0.2) is 0 Å². The number of halogens is 2. The first-order valence-electron chi connectivity index (χ1n) is 5.91. The molecule has 5 heteroatoms. The van der Waals surface area contributed by atoms with Crippen molar-refractivity contribution in [3.05, 3.63) is 69.4 Å². The zero-order valence-electron chi connectivity index (χ0n) is 10.5. The maximum absolute atomic E-state index is 13.8. The van der Waals surface area contributed by atoms with Crippen molar-refractivity contribution in [1.82, 2.24) is 0 Å². The van der Waals surface area contributed by atoms with Crippen LogP contribution in [0.2, 0.25) is 0 Å². The molecule has 104 valence electrons. The van der Waals surface area contributed by atoms with Crippen molar-refractivity contribution in [2.45, 2.75) is 13.2 Å². The number of hydrogen-bond donors (Lipinski definition) is 1. The molecule has 3 nitrogen and oxygen atoms in total. The Hall–Kier alpha value is -1.72. The Morgan fingerprint density at radius 2 is 1.85 bits per heavy atom. The highest BCUT2D eigenvalue weighted by atomic mass is 79.9. The molecule has 2 aromatic carbocycles. The lowest BCUT2D eigenvalue weighted by Crippen LogP contribution is -2.05. The van der Waals surface area contributed by atoms with E-state index >= 15 is 0 Å². The minimum atomic E-state index is -1.28. The molecule has 0 amide bonds. The van der Waals surface area contributed by atoms with Gasteiger partial charge in [0.25, 0.3) is 0 Å². The lowest BCUT2D eigenvalue weighted by atomic mass is 10.1. The molecule has 2 aromatic rings. The van der Waals surface area contributed by atoms with E-state index in [0.717, 1.165) is 10.0 Å². The minimum Gasteiger partial charge on any atom is -0.478 e. The van der Waals surface area contributed by atoms with Gasteiger partial charge in [-0.1, -0.05) is 40.2 Å². The van der Waals surface area contributed by atoms with Crippen molar-refractivity contribution in [1.29, 1.82) is 0 Å². The Balaban J connectivity index is 1.99. The van der Waals surface area contributed by atoms with E-state index in [4.69, 9.17) is 9.84 Å². The van der Waals surface area contributed by atoms with Crippen LogP contribution < -0.4 is 0 Å². The van der Waals surface area contributed by atoms with Crippen LogP contribution in [-0.4, -0.2) is 11.1 Å². The quantitative estimate of drug-likeness (QED) is 0.896. The van der Waals surface area contributed by atoms with Crippen molar-refractivity contribution in [3.63, 3.8) is 0 Å². The number of ether oxygens (including phenoxy) is 1. The Bertz CT molecular complexity index is 611. The number of hydrogen-bond acceptors (Lipinski definition) is 2. The number of rotatable bonds is 5. The summed E-state index contributed by atoms with van der Waals surface area (Å²) in [5.41, 5.74) is 0.861. The standard InChI is InChI=1S/C15H12BrFO3/c16-12-6-4-10(5-7-12)8-20-9-11-2-1-3-13(14(11)17)15(18)19/h1-7H,8-9H2,(H,18,19). The van der Waals surface area contributed by atoms with Gasteiger partial charge >= 0.3 is 5.97 Å². The van der Waals surface area contributed by atoms with Gasteiger partial charge in [-0.25, -0.2) is 9.18 Å². The molecule has 0 spiro atoms. The topological polar surface area (TPSA) is 46.5 Å². The lowest BCUT2D eigenvalue weighted by Gasteiger charge is -2.07. The van der Waals surface area contributed by atoms with Gasteiger partial charge in [-0.15, -0.1) is 0 Å². The number of carboxylic acid groups (broad SMARTS) is 1. The van der Waals surface area contributed by atoms with Gasteiger partial charge in [0.05, 0.1) is 18.8 Å². The second-order valence-electron chi connectivity index (χ2n) is 4.20. The van der Waals surface area contributed by atoms with Gasteiger partial charge in [0, 0.05) is 10.0 Å². The number of carboxylic acids is 1. The largest absolute Gasteiger partial charge is 0.478 e. The van der Waals surface area contributed by atoms with Gasteiger partial charge in [-0.2, -0.15) is 0 Å². The zero-order valence-corrected chi connectivity index (χ0v) is 12.1. The summed E-state index contributed by atoms with van der Waals surface area (Å²) < 4.78 is 20.2. The van der Waals surface area contributed by atoms with Crippen molar-refractivity contribution in [2.75, 3.05) is 0 Å². The molecule has 20 heavy (non-hydrogen) atoms. The molecule has 0 saturated carbocycles. The molecular weight excluding hydrogens is 327 g/mol. The fourth-order valence-electron chi connectivity index (χ4n) is 1.72. The fourth-order valence-corrected chi connectivity index (χ4v) is 1.98. The summed E-state index contributed by atoms with van der Waals surface area (Å²) in [7, 11) is 0. The van der Waals surface area contributed by atoms with Crippen LogP contribution in [0.1, 0.15) is 21.5 Å². The van der Waals surface area contributed by atoms with Crippen LogP contribution in [0.3, 0.4) is 0 Å². The van der Waals surface area contributed by atoms with Gasteiger partial charge in [0.1, 0.15) is 5.82 Å². The molecule has 0 bridgehead atoms. The van der Waals surface area contributed by atoms with E-state index in [1.54, 1.807) is 0 Å². The van der Waals surface area contributed by atoms with Crippen LogP contribution >= 0.6 is 15.9 Å². The van der Waals surface area contributed by atoms with E-state index in [1.165, 1.54) is 18.2 Å². The van der Waals surface area contributed by atoms with E-state index < -0.39 is 11.8 Å². The molecule has 0 aliphatic heterocycles. The van der Waals surface area contributed by atoms with E-state index in [9.17, 15) is 9.18 Å². The molecule has 0 aliphatic rings. The highest BCUT2D eigenvalue weighted by molar-refractivity contribution is 9.10. The normalized spacial score (nSPS) is 10.5. The predicted octanol–water partition coefficient (Wildman–Crippen LogP) is 4.00. The second kappa shape index (κ2) is 6.63. The lowest BCUT2D eigenvalue weighted by molar-refractivity contribution is 0.0689. The molecule has 0 aliphatic carbocycles. The molecular formula is C15H12BrFO3. The molecule has 0 atom stereocenters. The maximum Gasteiger partial charge on any atom is 0.338 e. The van der Waals surface area contributed by atoms with E-state index in [0.29, 0.717) is 6.61 Å². The van der Waals surface area contributed by atoms with Gasteiger partial charge in [-0.05, 0) is 23.8 Å². The van der Waals surface area contributed by atoms with Crippen LogP contribution in [0.4, 0.5) is 4.39 Å². The van der Waals surface area contributed by atoms with Crippen LogP contribution in [0.5, 0.6) is 0 Å². The average Bonchev–Trinajstić information content (AvgIpc) is 2.42. The summed E-state index contributed by atoms with van der Waals surface area (Å²) in [6.45, 7) is 0.368. The van der Waals surface area contributed by atoms with Crippen molar-refractivity contribution < 1.29 is 19.0 Å². The van der Waals surface area contributed by atoms with Crippen molar-refractivity contribution in [2.24, 2.45) is 0 Å².